The average molecular weight is 428 g/mol. The molecule has 1 fully saturated rings. The van der Waals surface area contributed by atoms with Gasteiger partial charge in [0.25, 0.3) is 5.91 Å². The van der Waals surface area contributed by atoms with Crippen molar-refractivity contribution in [2.75, 3.05) is 25.0 Å². The minimum atomic E-state index is -0.685. The molecule has 3 rings (SSSR count). The number of hydrogen-bond acceptors (Lipinski definition) is 6. The molecule has 0 bridgehead atoms. The third kappa shape index (κ3) is 5.51. The molecule has 10 heteroatoms. The number of primary amides is 1. The fourth-order valence-corrected chi connectivity index (χ4v) is 3.60. The summed E-state index contributed by atoms with van der Waals surface area (Å²) < 4.78 is 19.6. The number of nitriles is 1. The number of ether oxygens (including phenoxy) is 1. The highest BCUT2D eigenvalue weighted by Crippen LogP contribution is 2.28. The number of carbonyl (C=O) groups is 2. The summed E-state index contributed by atoms with van der Waals surface area (Å²) in [6.07, 6.45) is 3.18. The van der Waals surface area contributed by atoms with Crippen molar-refractivity contribution in [3.05, 3.63) is 41.8 Å². The van der Waals surface area contributed by atoms with Crippen LogP contribution in [0.3, 0.4) is 0 Å². The first-order chi connectivity index (χ1) is 14.9. The van der Waals surface area contributed by atoms with Crippen LogP contribution in [0, 0.1) is 23.1 Å². The fraction of sp³-hybridized carbons (Fsp3) is 0.429. The Morgan fingerprint density at radius 1 is 1.35 bits per heavy atom. The van der Waals surface area contributed by atoms with Crippen molar-refractivity contribution in [2.24, 2.45) is 11.7 Å². The van der Waals surface area contributed by atoms with E-state index in [2.05, 4.69) is 16.5 Å². The van der Waals surface area contributed by atoms with Gasteiger partial charge in [0.1, 0.15) is 17.4 Å². The number of amides is 2. The van der Waals surface area contributed by atoms with E-state index in [9.17, 15) is 19.2 Å². The quantitative estimate of drug-likeness (QED) is 0.697. The zero-order chi connectivity index (χ0) is 22.4. The molecule has 2 aromatic rings. The minimum Gasteiger partial charge on any atom is -0.450 e. The predicted octanol–water partition coefficient (Wildman–Crippen LogP) is 3.19. The lowest BCUT2D eigenvalue weighted by molar-refractivity contribution is 0.0897. The monoisotopic (exact) mass is 428 g/mol. The molecule has 0 radical (unpaired) electrons. The summed E-state index contributed by atoms with van der Waals surface area (Å²) in [7, 11) is 0. The average Bonchev–Trinajstić information content (AvgIpc) is 3.18. The summed E-state index contributed by atoms with van der Waals surface area (Å²) in [4.78, 5) is 25.4. The first-order valence-electron chi connectivity index (χ1n) is 10.1. The Morgan fingerprint density at radius 2 is 2.03 bits per heavy atom. The Kier molecular flexibility index (Phi) is 7.07. The lowest BCUT2D eigenvalue weighted by Crippen LogP contribution is -2.39. The van der Waals surface area contributed by atoms with Gasteiger partial charge < -0.3 is 20.7 Å². The van der Waals surface area contributed by atoms with Crippen LogP contribution in [0.15, 0.2) is 30.5 Å². The van der Waals surface area contributed by atoms with E-state index < -0.39 is 11.9 Å². The molecule has 1 saturated heterocycles. The van der Waals surface area contributed by atoms with Crippen LogP contribution < -0.4 is 11.1 Å². The Morgan fingerprint density at radius 3 is 2.61 bits per heavy atom. The molecule has 2 heterocycles. The van der Waals surface area contributed by atoms with Gasteiger partial charge in [0.2, 0.25) is 0 Å². The standard InChI is InChI=1S/C21H25FN6O3/c1-2-31-21(30)27-9-7-14(8-10-27)11-17(12-23)28-13-18(19(24)29)20(26-28)25-16-5-3-15(22)4-6-16/h3-6,13-14,17H,2,7-11H2,1H3,(H2,24,29)(H,25,26). The molecule has 164 valence electrons. The van der Waals surface area contributed by atoms with Crippen molar-refractivity contribution in [1.82, 2.24) is 14.7 Å². The summed E-state index contributed by atoms with van der Waals surface area (Å²) in [5, 5.41) is 17.0. The van der Waals surface area contributed by atoms with Crippen LogP contribution in [0.2, 0.25) is 0 Å². The van der Waals surface area contributed by atoms with Gasteiger partial charge >= 0.3 is 6.09 Å². The number of benzene rings is 1. The minimum absolute atomic E-state index is 0.140. The van der Waals surface area contributed by atoms with Crippen molar-refractivity contribution in [2.45, 2.75) is 32.2 Å². The predicted molar refractivity (Wildman–Crippen MR) is 111 cm³/mol. The third-order valence-corrected chi connectivity index (χ3v) is 5.27. The van der Waals surface area contributed by atoms with Gasteiger partial charge in [-0.1, -0.05) is 0 Å². The van der Waals surface area contributed by atoms with Crippen LogP contribution in [0.4, 0.5) is 20.7 Å². The number of nitrogens with two attached hydrogens (primary N) is 1. The van der Waals surface area contributed by atoms with E-state index in [0.717, 1.165) is 12.8 Å². The first-order valence-corrected chi connectivity index (χ1v) is 10.1. The van der Waals surface area contributed by atoms with Gasteiger partial charge in [-0.25, -0.2) is 9.18 Å². The zero-order valence-corrected chi connectivity index (χ0v) is 17.3. The van der Waals surface area contributed by atoms with Crippen LogP contribution in [0.1, 0.15) is 42.6 Å². The number of nitrogens with one attached hydrogen (secondary N) is 1. The molecule has 1 unspecified atom stereocenters. The molecular formula is C21H25FN6O3. The molecule has 1 aliphatic heterocycles. The number of likely N-dealkylation sites (tertiary alicyclic amines) is 1. The number of halogens is 1. The van der Waals surface area contributed by atoms with Crippen LogP contribution in [0.25, 0.3) is 0 Å². The number of aromatic nitrogens is 2. The van der Waals surface area contributed by atoms with Gasteiger partial charge in [-0.05, 0) is 56.4 Å². The zero-order valence-electron chi connectivity index (χ0n) is 17.3. The number of hydrogen-bond donors (Lipinski definition) is 2. The summed E-state index contributed by atoms with van der Waals surface area (Å²) in [5.41, 5.74) is 6.15. The second-order valence-electron chi connectivity index (χ2n) is 7.38. The van der Waals surface area contributed by atoms with Crippen molar-refractivity contribution in [3.8, 4) is 6.07 Å². The third-order valence-electron chi connectivity index (χ3n) is 5.27. The highest BCUT2D eigenvalue weighted by molar-refractivity contribution is 5.98. The lowest BCUT2D eigenvalue weighted by Gasteiger charge is -2.31. The molecule has 1 aliphatic rings. The molecule has 0 saturated carbocycles. The highest BCUT2D eigenvalue weighted by Gasteiger charge is 2.27. The number of piperidine rings is 1. The van der Waals surface area contributed by atoms with E-state index in [1.807, 2.05) is 0 Å². The molecule has 2 amide bonds. The highest BCUT2D eigenvalue weighted by atomic mass is 19.1. The fourth-order valence-electron chi connectivity index (χ4n) is 3.60. The van der Waals surface area contributed by atoms with Crippen molar-refractivity contribution in [1.29, 1.82) is 5.26 Å². The van der Waals surface area contributed by atoms with E-state index in [0.29, 0.717) is 31.8 Å². The van der Waals surface area contributed by atoms with E-state index in [4.69, 9.17) is 10.5 Å². The number of rotatable bonds is 7. The molecule has 1 aromatic heterocycles. The van der Waals surface area contributed by atoms with E-state index >= 15 is 0 Å². The number of anilines is 2. The number of carbonyl (C=O) groups excluding carboxylic acids is 2. The summed E-state index contributed by atoms with van der Waals surface area (Å²) in [6.45, 7) is 3.26. The van der Waals surface area contributed by atoms with Crippen LogP contribution >= 0.6 is 0 Å². The van der Waals surface area contributed by atoms with Crippen molar-refractivity contribution >= 4 is 23.5 Å². The molecule has 1 atom stereocenters. The molecule has 31 heavy (non-hydrogen) atoms. The summed E-state index contributed by atoms with van der Waals surface area (Å²) in [6, 6.07) is 7.23. The Bertz CT molecular complexity index is 960. The maximum absolute atomic E-state index is 13.1. The van der Waals surface area contributed by atoms with Crippen molar-refractivity contribution < 1.29 is 18.7 Å². The maximum Gasteiger partial charge on any atom is 0.409 e. The maximum atomic E-state index is 13.1. The molecule has 9 nitrogen and oxygen atoms in total. The molecule has 3 N–H and O–H groups in total. The Labute approximate surface area is 179 Å². The smallest absolute Gasteiger partial charge is 0.409 e. The van der Waals surface area contributed by atoms with E-state index in [1.165, 1.54) is 35.1 Å². The van der Waals surface area contributed by atoms with Gasteiger partial charge in [0.15, 0.2) is 5.82 Å². The van der Waals surface area contributed by atoms with Crippen LogP contribution in [-0.4, -0.2) is 46.4 Å². The van der Waals surface area contributed by atoms with Gasteiger partial charge in [0, 0.05) is 25.0 Å². The molecule has 0 spiro atoms. The molecule has 1 aromatic carbocycles. The van der Waals surface area contributed by atoms with Gasteiger partial charge in [-0.3, -0.25) is 9.48 Å². The topological polar surface area (TPSA) is 126 Å². The van der Waals surface area contributed by atoms with Crippen molar-refractivity contribution in [3.63, 3.8) is 0 Å². The Balaban J connectivity index is 1.69. The first kappa shape index (κ1) is 22.1. The SMILES string of the molecule is CCOC(=O)N1CCC(CC(C#N)n2cc(C(N)=O)c(Nc3ccc(F)cc3)n2)CC1. The second kappa shape index (κ2) is 9.93. The Hall–Kier alpha value is -3.61. The molecule has 0 aliphatic carbocycles. The van der Waals surface area contributed by atoms with Gasteiger partial charge in [0.05, 0.1) is 12.7 Å². The van der Waals surface area contributed by atoms with E-state index in [1.54, 1.807) is 11.8 Å². The van der Waals surface area contributed by atoms with E-state index in [-0.39, 0.29) is 29.2 Å². The van der Waals surface area contributed by atoms with Gasteiger partial charge in [-0.15, -0.1) is 0 Å². The second-order valence-corrected chi connectivity index (χ2v) is 7.38. The van der Waals surface area contributed by atoms with Crippen LogP contribution in [-0.2, 0) is 4.74 Å². The molecular weight excluding hydrogens is 403 g/mol. The van der Waals surface area contributed by atoms with Crippen LogP contribution in [0.5, 0.6) is 0 Å². The largest absolute Gasteiger partial charge is 0.450 e. The summed E-state index contributed by atoms with van der Waals surface area (Å²) in [5.74, 6) is -0.637. The number of nitrogens with zero attached hydrogens (tertiary/aromatic N) is 4. The van der Waals surface area contributed by atoms with Gasteiger partial charge in [-0.2, -0.15) is 10.4 Å². The normalized spacial score (nSPS) is 15.2. The summed E-state index contributed by atoms with van der Waals surface area (Å²) >= 11 is 0. The lowest BCUT2D eigenvalue weighted by atomic mass is 9.90.